The maximum atomic E-state index is 11.2. The molecule has 1 aromatic heterocycles. The Balaban J connectivity index is 0.00000121. The van der Waals surface area contributed by atoms with E-state index in [0.29, 0.717) is 11.8 Å². The fourth-order valence-corrected chi connectivity index (χ4v) is 4.44. The number of piperidine rings is 3. The Morgan fingerprint density at radius 3 is 2.85 bits per heavy atom. The van der Waals surface area contributed by atoms with Crippen molar-refractivity contribution in [2.24, 2.45) is 11.8 Å². The van der Waals surface area contributed by atoms with Gasteiger partial charge >= 0.3 is 0 Å². The molecule has 4 unspecified atom stereocenters. The van der Waals surface area contributed by atoms with E-state index in [9.17, 15) is 5.11 Å². The van der Waals surface area contributed by atoms with Crippen LogP contribution in [-0.2, 0) is 0 Å². The van der Waals surface area contributed by atoms with Crippen LogP contribution in [0.4, 0.5) is 0 Å². The fourth-order valence-electron chi connectivity index (χ4n) is 4.44. The SMILES string of the molecule is C.C=CC1CN2CCC1C[C@H]2C(O)c1ccnc2ccc(OC)cc12.O. The van der Waals surface area contributed by atoms with Gasteiger partial charge in [-0.15, -0.1) is 6.58 Å². The molecule has 1 aromatic carbocycles. The zero-order chi connectivity index (χ0) is 16.7. The van der Waals surface area contributed by atoms with Crippen molar-refractivity contribution in [3.8, 4) is 5.75 Å². The van der Waals surface area contributed by atoms with Crippen molar-refractivity contribution in [3.05, 3.63) is 48.7 Å². The van der Waals surface area contributed by atoms with Crippen LogP contribution in [0.3, 0.4) is 0 Å². The topological polar surface area (TPSA) is 77.1 Å². The smallest absolute Gasteiger partial charge is 0.119 e. The number of methoxy groups -OCH3 is 1. The van der Waals surface area contributed by atoms with E-state index in [2.05, 4.69) is 22.5 Å². The van der Waals surface area contributed by atoms with Crippen molar-refractivity contribution in [1.29, 1.82) is 0 Å². The highest BCUT2D eigenvalue weighted by atomic mass is 16.5. The quantitative estimate of drug-likeness (QED) is 0.853. The lowest BCUT2D eigenvalue weighted by molar-refractivity contribution is -0.0444. The average Bonchev–Trinajstić information content (AvgIpc) is 2.66. The molecule has 0 aliphatic carbocycles. The van der Waals surface area contributed by atoms with Crippen molar-refractivity contribution in [2.45, 2.75) is 32.4 Å². The molecule has 5 rings (SSSR count). The van der Waals surface area contributed by atoms with Gasteiger partial charge in [-0.2, -0.15) is 0 Å². The Morgan fingerprint density at radius 2 is 2.19 bits per heavy atom. The third kappa shape index (κ3) is 3.34. The monoisotopic (exact) mass is 358 g/mol. The highest BCUT2D eigenvalue weighted by Crippen LogP contribution is 2.42. The molecule has 2 bridgehead atoms. The summed E-state index contributed by atoms with van der Waals surface area (Å²) in [7, 11) is 1.66. The number of fused-ring (bicyclic) bond motifs is 4. The molecule has 0 spiro atoms. The second-order valence-electron chi connectivity index (χ2n) is 6.97. The van der Waals surface area contributed by atoms with Gasteiger partial charge in [0, 0.05) is 24.2 Å². The van der Waals surface area contributed by atoms with Crippen molar-refractivity contribution in [2.75, 3.05) is 20.2 Å². The highest BCUT2D eigenvalue weighted by molar-refractivity contribution is 5.83. The first kappa shape index (κ1) is 20.4. The summed E-state index contributed by atoms with van der Waals surface area (Å²) in [5, 5.41) is 12.1. The first-order valence-corrected chi connectivity index (χ1v) is 8.68. The van der Waals surface area contributed by atoms with Crippen LogP contribution < -0.4 is 4.74 Å². The van der Waals surface area contributed by atoms with E-state index >= 15 is 0 Å². The summed E-state index contributed by atoms with van der Waals surface area (Å²) in [6, 6.07) is 7.96. The van der Waals surface area contributed by atoms with Crippen LogP contribution in [0.2, 0.25) is 0 Å². The van der Waals surface area contributed by atoms with Crippen molar-refractivity contribution >= 4 is 10.9 Å². The van der Waals surface area contributed by atoms with Crippen LogP contribution >= 0.6 is 0 Å². The standard InChI is InChI=1S/C20H24N2O2.CH4.H2O/c1-3-13-12-22-9-7-14(13)10-19(22)20(23)16-6-8-21-18-5-4-15(24-2)11-17(16)18;;/h3-6,8,11,13-14,19-20,23H,1,7,9-10,12H2,2H3;1H4;1H2/t13?,14?,19-,20?;;/m0../s1. The van der Waals surface area contributed by atoms with Crippen LogP contribution in [0.5, 0.6) is 5.75 Å². The molecule has 3 aliphatic rings. The van der Waals surface area contributed by atoms with Crippen LogP contribution in [0.25, 0.3) is 10.9 Å². The molecule has 5 atom stereocenters. The molecular weight excluding hydrogens is 328 g/mol. The molecule has 26 heavy (non-hydrogen) atoms. The molecule has 3 N–H and O–H groups in total. The lowest BCUT2D eigenvalue weighted by atomic mass is 9.73. The Labute approximate surface area is 155 Å². The second-order valence-corrected chi connectivity index (χ2v) is 6.97. The van der Waals surface area contributed by atoms with Crippen molar-refractivity contribution < 1.29 is 15.3 Å². The maximum Gasteiger partial charge on any atom is 0.119 e. The van der Waals surface area contributed by atoms with Crippen molar-refractivity contribution in [3.63, 3.8) is 0 Å². The summed E-state index contributed by atoms with van der Waals surface area (Å²) in [6.07, 6.45) is 5.62. The summed E-state index contributed by atoms with van der Waals surface area (Å²) in [5.74, 6) is 2.01. The molecule has 0 amide bonds. The molecular formula is C21H30N2O3. The maximum absolute atomic E-state index is 11.2. The lowest BCUT2D eigenvalue weighted by Gasteiger charge is -2.50. The molecule has 3 fully saturated rings. The number of rotatable bonds is 4. The first-order chi connectivity index (χ1) is 11.7. The molecule has 2 aromatic rings. The van der Waals surface area contributed by atoms with E-state index in [1.807, 2.05) is 24.3 Å². The van der Waals surface area contributed by atoms with Gasteiger partial charge in [0.05, 0.1) is 18.7 Å². The van der Waals surface area contributed by atoms with Gasteiger partial charge in [-0.25, -0.2) is 0 Å². The summed E-state index contributed by atoms with van der Waals surface area (Å²) in [6.45, 7) is 6.07. The largest absolute Gasteiger partial charge is 0.497 e. The van der Waals surface area contributed by atoms with E-state index in [1.165, 1.54) is 6.42 Å². The minimum absolute atomic E-state index is 0. The summed E-state index contributed by atoms with van der Waals surface area (Å²) >= 11 is 0. The Morgan fingerprint density at radius 1 is 1.38 bits per heavy atom. The summed E-state index contributed by atoms with van der Waals surface area (Å²) in [5.41, 5.74) is 1.85. The highest BCUT2D eigenvalue weighted by Gasteiger charge is 2.42. The van der Waals surface area contributed by atoms with Gasteiger partial charge in [0.15, 0.2) is 0 Å². The van der Waals surface area contributed by atoms with Gasteiger partial charge < -0.3 is 15.3 Å². The average molecular weight is 358 g/mol. The number of nitrogens with zero attached hydrogens (tertiary/aromatic N) is 2. The number of hydrogen-bond acceptors (Lipinski definition) is 4. The lowest BCUT2D eigenvalue weighted by Crippen LogP contribution is -2.54. The van der Waals surface area contributed by atoms with E-state index in [-0.39, 0.29) is 18.9 Å². The number of aliphatic hydroxyl groups excluding tert-OH is 1. The predicted octanol–water partition coefficient (Wildman–Crippen LogP) is 2.98. The molecule has 142 valence electrons. The van der Waals surface area contributed by atoms with Gasteiger partial charge in [-0.1, -0.05) is 13.5 Å². The zero-order valence-corrected chi connectivity index (χ0v) is 14.6. The van der Waals surface area contributed by atoms with E-state index < -0.39 is 6.10 Å². The summed E-state index contributed by atoms with van der Waals surface area (Å²) < 4.78 is 5.35. The molecule has 4 heterocycles. The van der Waals surface area contributed by atoms with E-state index in [1.54, 1.807) is 13.3 Å². The van der Waals surface area contributed by atoms with Gasteiger partial charge in [-0.05, 0) is 61.1 Å². The predicted molar refractivity (Wildman–Crippen MR) is 105 cm³/mol. The minimum atomic E-state index is -0.504. The van der Waals surface area contributed by atoms with Crippen molar-refractivity contribution in [1.82, 2.24) is 9.88 Å². The van der Waals surface area contributed by atoms with Gasteiger partial charge in [0.1, 0.15) is 5.75 Å². The second kappa shape index (κ2) is 8.16. The van der Waals surface area contributed by atoms with Crippen LogP contribution in [-0.4, -0.2) is 46.7 Å². The Kier molecular flexibility index (Phi) is 6.39. The molecule has 0 radical (unpaired) electrons. The number of pyridine rings is 1. The van der Waals surface area contributed by atoms with E-state index in [4.69, 9.17) is 4.74 Å². The number of ether oxygens (including phenoxy) is 1. The zero-order valence-electron chi connectivity index (χ0n) is 14.6. The molecule has 0 saturated carbocycles. The third-order valence-electron chi connectivity index (χ3n) is 5.82. The van der Waals surface area contributed by atoms with Crippen LogP contribution in [0.15, 0.2) is 43.1 Å². The molecule has 5 heteroatoms. The summed E-state index contributed by atoms with van der Waals surface area (Å²) in [4.78, 5) is 6.86. The number of benzene rings is 1. The van der Waals surface area contributed by atoms with Crippen LogP contribution in [0, 0.1) is 11.8 Å². The van der Waals surface area contributed by atoms with Gasteiger partial charge in [0.25, 0.3) is 0 Å². The molecule has 5 nitrogen and oxygen atoms in total. The fraction of sp³-hybridized carbons (Fsp3) is 0.476. The molecule has 3 saturated heterocycles. The third-order valence-corrected chi connectivity index (χ3v) is 5.82. The number of aromatic nitrogens is 1. The van der Waals surface area contributed by atoms with Crippen LogP contribution in [0.1, 0.15) is 31.9 Å². The molecule has 3 aliphatic heterocycles. The number of aliphatic hydroxyl groups is 1. The normalized spacial score (nSPS) is 27.9. The number of hydrogen-bond donors (Lipinski definition) is 1. The van der Waals surface area contributed by atoms with E-state index in [0.717, 1.165) is 41.7 Å². The minimum Gasteiger partial charge on any atom is -0.497 e. The first-order valence-electron chi connectivity index (χ1n) is 8.68. The van der Waals surface area contributed by atoms with Gasteiger partial charge in [-0.3, -0.25) is 9.88 Å². The Bertz CT molecular complexity index is 764. The Hall–Kier alpha value is -1.95. The van der Waals surface area contributed by atoms with Gasteiger partial charge in [0.2, 0.25) is 0 Å².